The van der Waals surface area contributed by atoms with E-state index in [1.54, 1.807) is 0 Å². The van der Waals surface area contributed by atoms with E-state index in [1.165, 1.54) is 0 Å². The van der Waals surface area contributed by atoms with Gasteiger partial charge in [-0.2, -0.15) is 0 Å². The molecule has 106 valence electrons. The van der Waals surface area contributed by atoms with Gasteiger partial charge in [0.25, 0.3) is 0 Å². The minimum atomic E-state index is -0.235. The van der Waals surface area contributed by atoms with Gasteiger partial charge in [0.1, 0.15) is 0 Å². The Labute approximate surface area is 117 Å². The molecule has 2 fully saturated rings. The molecular weight excluding hydrogens is 248 g/mol. The predicted molar refractivity (Wildman–Crippen MR) is 77.1 cm³/mol. The van der Waals surface area contributed by atoms with E-state index >= 15 is 0 Å². The van der Waals surface area contributed by atoms with Crippen LogP contribution in [0, 0.1) is 5.41 Å². The fourth-order valence-corrected chi connectivity index (χ4v) is 3.06. The molecule has 0 aromatic rings. The largest absolute Gasteiger partial charge is 0.341 e. The van der Waals surface area contributed by atoms with Crippen LogP contribution in [0.25, 0.3) is 0 Å². The van der Waals surface area contributed by atoms with Gasteiger partial charge in [-0.3, -0.25) is 4.79 Å². The smallest absolute Gasteiger partial charge is 0.242 e. The molecule has 2 rings (SSSR count). The number of likely N-dealkylation sites (tertiary alicyclic amines) is 1. The van der Waals surface area contributed by atoms with Crippen molar-refractivity contribution in [3.63, 3.8) is 0 Å². The molecular formula is C14H27ClN2O. The summed E-state index contributed by atoms with van der Waals surface area (Å²) in [5.41, 5.74) is 0.181. The Hall–Kier alpha value is -0.280. The highest BCUT2D eigenvalue weighted by Crippen LogP contribution is 2.32. The molecule has 0 spiro atoms. The van der Waals surface area contributed by atoms with Crippen LogP contribution < -0.4 is 5.32 Å². The van der Waals surface area contributed by atoms with Gasteiger partial charge in [0, 0.05) is 13.1 Å². The van der Waals surface area contributed by atoms with Crippen molar-refractivity contribution in [2.45, 2.75) is 58.4 Å². The number of halogens is 1. The molecule has 18 heavy (non-hydrogen) atoms. The molecule has 0 saturated carbocycles. The summed E-state index contributed by atoms with van der Waals surface area (Å²) >= 11 is 0. The van der Waals surface area contributed by atoms with Crippen molar-refractivity contribution in [3.8, 4) is 0 Å². The summed E-state index contributed by atoms with van der Waals surface area (Å²) in [6.45, 7) is 9.62. The van der Waals surface area contributed by atoms with Crippen LogP contribution in [-0.4, -0.2) is 36.0 Å². The Bertz CT molecular complexity index is 288. The summed E-state index contributed by atoms with van der Waals surface area (Å²) < 4.78 is 0. The zero-order chi connectivity index (χ0) is 12.5. The third kappa shape index (κ3) is 3.00. The maximum atomic E-state index is 12.6. The zero-order valence-electron chi connectivity index (χ0n) is 11.9. The van der Waals surface area contributed by atoms with Crippen molar-refractivity contribution in [1.29, 1.82) is 0 Å². The molecule has 2 saturated heterocycles. The van der Waals surface area contributed by atoms with E-state index in [0.717, 1.165) is 51.7 Å². The second-order valence-corrected chi connectivity index (χ2v) is 6.42. The van der Waals surface area contributed by atoms with Gasteiger partial charge in [-0.25, -0.2) is 0 Å². The number of amides is 1. The van der Waals surface area contributed by atoms with Gasteiger partial charge < -0.3 is 10.2 Å². The third-order valence-electron chi connectivity index (χ3n) is 4.66. The maximum Gasteiger partial charge on any atom is 0.242 e. The van der Waals surface area contributed by atoms with Crippen LogP contribution in [0.4, 0.5) is 0 Å². The number of nitrogens with one attached hydrogen (secondary N) is 1. The summed E-state index contributed by atoms with van der Waals surface area (Å²) in [6, 6.07) is 0. The van der Waals surface area contributed by atoms with Gasteiger partial charge in [-0.15, -0.1) is 12.4 Å². The lowest BCUT2D eigenvalue weighted by molar-refractivity contribution is -0.140. The van der Waals surface area contributed by atoms with Gasteiger partial charge in [-0.1, -0.05) is 20.8 Å². The first-order valence-electron chi connectivity index (χ1n) is 7.04. The highest BCUT2D eigenvalue weighted by molar-refractivity contribution is 5.86. The van der Waals surface area contributed by atoms with Crippen molar-refractivity contribution in [3.05, 3.63) is 0 Å². The number of hydrogen-bond acceptors (Lipinski definition) is 2. The van der Waals surface area contributed by atoms with Crippen molar-refractivity contribution >= 4 is 18.3 Å². The molecule has 3 nitrogen and oxygen atoms in total. The number of carbonyl (C=O) groups excluding carboxylic acids is 1. The number of piperidine rings is 1. The van der Waals surface area contributed by atoms with E-state index in [1.807, 2.05) is 0 Å². The van der Waals surface area contributed by atoms with Crippen LogP contribution in [0.5, 0.6) is 0 Å². The van der Waals surface area contributed by atoms with Crippen LogP contribution in [-0.2, 0) is 4.79 Å². The van der Waals surface area contributed by atoms with Gasteiger partial charge in [0.15, 0.2) is 0 Å². The fraction of sp³-hybridized carbons (Fsp3) is 0.929. The maximum absolute atomic E-state index is 12.6. The Balaban J connectivity index is 0.00000162. The van der Waals surface area contributed by atoms with Crippen molar-refractivity contribution < 1.29 is 4.79 Å². The van der Waals surface area contributed by atoms with Crippen LogP contribution in [0.2, 0.25) is 0 Å². The minimum absolute atomic E-state index is 0. The lowest BCUT2D eigenvalue weighted by Gasteiger charge is -2.41. The molecule has 0 aliphatic carbocycles. The van der Waals surface area contributed by atoms with Gasteiger partial charge in [0.05, 0.1) is 5.54 Å². The molecule has 1 amide bonds. The quantitative estimate of drug-likeness (QED) is 0.839. The second kappa shape index (κ2) is 5.79. The van der Waals surface area contributed by atoms with E-state index in [-0.39, 0.29) is 17.9 Å². The molecule has 0 aromatic carbocycles. The number of nitrogens with zero attached hydrogens (tertiary/aromatic N) is 1. The van der Waals surface area contributed by atoms with E-state index < -0.39 is 0 Å². The fourth-order valence-electron chi connectivity index (χ4n) is 3.06. The van der Waals surface area contributed by atoms with Crippen LogP contribution in [0.1, 0.15) is 52.9 Å². The van der Waals surface area contributed by atoms with Crippen molar-refractivity contribution in [1.82, 2.24) is 10.2 Å². The molecule has 1 atom stereocenters. The first-order chi connectivity index (χ1) is 7.99. The normalized spacial score (nSPS) is 30.9. The van der Waals surface area contributed by atoms with Crippen LogP contribution >= 0.6 is 12.4 Å². The first kappa shape index (κ1) is 15.8. The van der Waals surface area contributed by atoms with E-state index in [9.17, 15) is 4.79 Å². The number of carbonyl (C=O) groups is 1. The summed E-state index contributed by atoms with van der Waals surface area (Å²) in [5, 5.41) is 3.45. The summed E-state index contributed by atoms with van der Waals surface area (Å²) in [4.78, 5) is 14.7. The molecule has 4 heteroatoms. The lowest BCUT2D eigenvalue weighted by Crippen LogP contribution is -2.56. The van der Waals surface area contributed by atoms with Crippen molar-refractivity contribution in [2.75, 3.05) is 19.6 Å². The predicted octanol–water partition coefficient (Wildman–Crippen LogP) is 2.59. The third-order valence-corrected chi connectivity index (χ3v) is 4.66. The minimum Gasteiger partial charge on any atom is -0.341 e. The Morgan fingerprint density at radius 1 is 1.22 bits per heavy atom. The van der Waals surface area contributed by atoms with E-state index in [2.05, 4.69) is 31.0 Å². The molecule has 2 aliphatic heterocycles. The molecule has 2 aliphatic rings. The van der Waals surface area contributed by atoms with E-state index in [4.69, 9.17) is 0 Å². The molecule has 1 unspecified atom stereocenters. The van der Waals surface area contributed by atoms with Gasteiger partial charge in [0.2, 0.25) is 5.91 Å². The highest BCUT2D eigenvalue weighted by Gasteiger charge is 2.42. The van der Waals surface area contributed by atoms with Gasteiger partial charge in [-0.05, 0) is 44.1 Å². The number of hydrogen-bond donors (Lipinski definition) is 1. The topological polar surface area (TPSA) is 32.3 Å². The molecule has 0 aromatic heterocycles. The Kier molecular flexibility index (Phi) is 5.07. The van der Waals surface area contributed by atoms with Crippen LogP contribution in [0.15, 0.2) is 0 Å². The molecule has 1 N–H and O–H groups in total. The standard InChI is InChI=1S/C14H26N2O.ClH/c1-4-14(6-5-9-15-14)12(17)16-10-7-13(2,3)8-11-16;/h15H,4-11H2,1-3H3;1H. The summed E-state index contributed by atoms with van der Waals surface area (Å²) in [5.74, 6) is 0.355. The Morgan fingerprint density at radius 3 is 2.28 bits per heavy atom. The lowest BCUT2D eigenvalue weighted by atomic mass is 9.81. The summed E-state index contributed by atoms with van der Waals surface area (Å²) in [7, 11) is 0. The monoisotopic (exact) mass is 274 g/mol. The summed E-state index contributed by atoms with van der Waals surface area (Å²) in [6.07, 6.45) is 5.35. The molecule has 0 bridgehead atoms. The van der Waals surface area contributed by atoms with Gasteiger partial charge >= 0.3 is 0 Å². The zero-order valence-corrected chi connectivity index (χ0v) is 12.7. The highest BCUT2D eigenvalue weighted by atomic mass is 35.5. The molecule has 2 heterocycles. The first-order valence-corrected chi connectivity index (χ1v) is 7.04. The van der Waals surface area contributed by atoms with E-state index in [0.29, 0.717) is 11.3 Å². The average molecular weight is 275 g/mol. The van der Waals surface area contributed by atoms with Crippen LogP contribution in [0.3, 0.4) is 0 Å². The Morgan fingerprint density at radius 2 is 1.83 bits per heavy atom. The second-order valence-electron chi connectivity index (χ2n) is 6.42. The molecule has 0 radical (unpaired) electrons. The average Bonchev–Trinajstić information content (AvgIpc) is 2.78. The number of rotatable bonds is 2. The van der Waals surface area contributed by atoms with Crippen molar-refractivity contribution in [2.24, 2.45) is 5.41 Å². The SMILES string of the molecule is CCC1(C(=O)N2CCC(C)(C)CC2)CCCN1.Cl.